The molecule has 0 saturated carbocycles. The summed E-state index contributed by atoms with van der Waals surface area (Å²) in [6.45, 7) is 0. The summed E-state index contributed by atoms with van der Waals surface area (Å²) in [5, 5.41) is 58.7. The average molecular weight is 644 g/mol. The number of phenolic OH excluding ortho intramolecular Hbond substituents is 2. The number of nitrogens with zero attached hydrogens (tertiary/aromatic N) is 6. The normalized spacial score (nSPS) is 11.8. The van der Waals surface area contributed by atoms with Gasteiger partial charge in [-0.3, -0.25) is 0 Å². The van der Waals surface area contributed by atoms with Gasteiger partial charge in [0.2, 0.25) is 0 Å². The molecule has 0 aliphatic heterocycles. The third kappa shape index (κ3) is 9.04. The Balaban J connectivity index is 0.000000200. The molecule has 45 heavy (non-hydrogen) atoms. The first kappa shape index (κ1) is 32.0. The predicted molar refractivity (Wildman–Crippen MR) is 168 cm³/mol. The van der Waals surface area contributed by atoms with E-state index in [1.807, 2.05) is 72.8 Å². The van der Waals surface area contributed by atoms with Gasteiger partial charge in [-0.1, -0.05) is 72.8 Å². The van der Waals surface area contributed by atoms with E-state index in [9.17, 15) is 10.2 Å². The van der Waals surface area contributed by atoms with Gasteiger partial charge >= 0.3 is 17.1 Å². The Labute approximate surface area is 268 Å². The van der Waals surface area contributed by atoms with E-state index >= 15 is 0 Å². The number of phenols is 2. The molecular weight excluding hydrogens is 620 g/mol. The van der Waals surface area contributed by atoms with Crippen molar-refractivity contribution in [3.8, 4) is 11.5 Å². The van der Waals surface area contributed by atoms with Crippen molar-refractivity contribution in [2.24, 2.45) is 20.4 Å². The van der Waals surface area contributed by atoms with Gasteiger partial charge in [-0.05, 0) is 59.7 Å². The van der Waals surface area contributed by atoms with E-state index in [0.717, 1.165) is 21.8 Å². The van der Waals surface area contributed by atoms with Crippen LogP contribution in [0.15, 0.2) is 142 Å². The first-order chi connectivity index (χ1) is 21.4. The fourth-order valence-electron chi connectivity index (χ4n) is 3.91. The van der Waals surface area contributed by atoms with Crippen LogP contribution in [0.5, 0.6) is 11.5 Å². The summed E-state index contributed by atoms with van der Waals surface area (Å²) in [4.78, 5) is 8.81. The molecule has 0 spiro atoms. The summed E-state index contributed by atoms with van der Waals surface area (Å²) in [5.41, 5.74) is 3.69. The number of hydrogen-bond donors (Lipinski definition) is 2. The van der Waals surface area contributed by atoms with Gasteiger partial charge in [0.05, 0.1) is 34.9 Å². The van der Waals surface area contributed by atoms with Gasteiger partial charge in [-0.15, -0.1) is 0 Å². The summed E-state index contributed by atoms with van der Waals surface area (Å²) < 4.78 is 0. The van der Waals surface area contributed by atoms with E-state index < -0.39 is 11.8 Å². The maximum atomic E-state index is 11.8. The van der Waals surface area contributed by atoms with E-state index in [0.29, 0.717) is 22.5 Å². The van der Waals surface area contributed by atoms with Crippen molar-refractivity contribution in [1.29, 1.82) is 0 Å². The Hall–Kier alpha value is -5.90. The van der Waals surface area contributed by atoms with Crippen LogP contribution < -0.4 is 10.2 Å². The van der Waals surface area contributed by atoms with Crippen molar-refractivity contribution < 1.29 is 37.5 Å². The summed E-state index contributed by atoms with van der Waals surface area (Å²) in [6, 6.07) is 34.7. The summed E-state index contributed by atoms with van der Waals surface area (Å²) >= 11 is 0. The molecule has 2 aromatic heterocycles. The fourth-order valence-corrected chi connectivity index (χ4v) is 3.91. The van der Waals surface area contributed by atoms with Gasteiger partial charge in [-0.25, -0.2) is 9.97 Å². The zero-order chi connectivity index (χ0) is 30.7. The van der Waals surface area contributed by atoms with Gasteiger partial charge in [0.25, 0.3) is 0 Å². The Kier molecular flexibility index (Phi) is 11.1. The summed E-state index contributed by atoms with van der Waals surface area (Å²) in [7, 11) is 0. The van der Waals surface area contributed by atoms with Gasteiger partial charge in [0.1, 0.15) is 11.5 Å². The first-order valence-electron chi connectivity index (χ1n) is 13.3. The van der Waals surface area contributed by atoms with E-state index in [-0.39, 0.29) is 28.6 Å². The Morgan fingerprint density at radius 1 is 0.511 bits per heavy atom. The smallest absolute Gasteiger partial charge is 0.857 e. The Morgan fingerprint density at radius 3 is 1.29 bits per heavy atom. The van der Waals surface area contributed by atoms with Gasteiger partial charge in [-0.2, -0.15) is 20.4 Å². The number of aromatic hydroxyl groups is 2. The topological polar surface area (TPSA) is 162 Å². The second kappa shape index (κ2) is 15.5. The Morgan fingerprint density at radius 2 is 0.889 bits per heavy atom. The fraction of sp³-hybridized carbons (Fsp3) is 0. The Bertz CT molecular complexity index is 1860. The van der Waals surface area contributed by atoms with E-state index in [2.05, 4.69) is 30.4 Å². The second-order valence-electron chi connectivity index (χ2n) is 9.25. The van der Waals surface area contributed by atoms with Crippen LogP contribution in [0, 0.1) is 0 Å². The van der Waals surface area contributed by atoms with Crippen molar-refractivity contribution in [3.63, 3.8) is 0 Å². The van der Waals surface area contributed by atoms with Gasteiger partial charge < -0.3 is 20.4 Å². The molecular formula is C34H24CuN6O4. The molecule has 0 aliphatic rings. The molecule has 0 bridgehead atoms. The third-order valence-electron chi connectivity index (χ3n) is 6.15. The monoisotopic (exact) mass is 643 g/mol. The maximum Gasteiger partial charge on any atom is 2.00 e. The van der Waals surface area contributed by atoms with Crippen LogP contribution >= 0.6 is 0 Å². The molecule has 2 N–H and O–H groups in total. The van der Waals surface area contributed by atoms with Crippen LogP contribution in [0.25, 0.3) is 21.8 Å². The molecule has 6 aromatic rings. The van der Waals surface area contributed by atoms with Crippen molar-refractivity contribution in [2.75, 3.05) is 0 Å². The van der Waals surface area contributed by atoms with E-state index in [1.165, 1.54) is 61.0 Å². The van der Waals surface area contributed by atoms with Crippen LogP contribution in [-0.2, 0) is 17.1 Å². The standard InChI is InChI=1S/2C17H13N3O2.Cu/c2*21-15-9-6-13(7-10-15)17(22)20-18-11-14-8-5-12-3-1-2-4-16(12)19-14;/h2*1-11,21H,(H,20,22);/q;;+2/p-2/b2*18-11+;. The van der Waals surface area contributed by atoms with E-state index in [1.54, 1.807) is 0 Å². The molecule has 1 radical (unpaired) electrons. The number of para-hydroxylation sites is 2. The molecule has 0 unspecified atom stereocenters. The number of fused-ring (bicyclic) bond motifs is 2. The van der Waals surface area contributed by atoms with Crippen molar-refractivity contribution in [2.45, 2.75) is 0 Å². The average Bonchev–Trinajstić information content (AvgIpc) is 3.05. The van der Waals surface area contributed by atoms with Crippen LogP contribution in [0.3, 0.4) is 0 Å². The molecule has 0 saturated heterocycles. The number of benzene rings is 4. The summed E-state index contributed by atoms with van der Waals surface area (Å²) in [6.07, 6.45) is 2.87. The third-order valence-corrected chi connectivity index (χ3v) is 6.15. The van der Waals surface area contributed by atoms with Crippen LogP contribution in [0.4, 0.5) is 0 Å². The van der Waals surface area contributed by atoms with Gasteiger partial charge in [0, 0.05) is 22.6 Å². The van der Waals surface area contributed by atoms with Crippen LogP contribution in [0.2, 0.25) is 0 Å². The number of rotatable bonds is 6. The molecule has 6 rings (SSSR count). The zero-order valence-corrected chi connectivity index (χ0v) is 24.3. The molecule has 225 valence electrons. The minimum absolute atomic E-state index is 0. The molecule has 10 nitrogen and oxygen atoms in total. The minimum atomic E-state index is -0.475. The SMILES string of the molecule is [Cu+2].[O-]/C(=N\N=C\c1ccc2ccccc2n1)c1ccc(O)cc1.[O-]/C(=N\N=C\c1ccc2ccccc2n1)c1ccc(O)cc1. The summed E-state index contributed by atoms with van der Waals surface area (Å²) in [5.74, 6) is -0.755. The van der Waals surface area contributed by atoms with Crippen molar-refractivity contribution in [3.05, 3.63) is 144 Å². The maximum absolute atomic E-state index is 11.8. The molecule has 0 fully saturated rings. The molecule has 0 atom stereocenters. The number of pyridine rings is 2. The molecule has 2 heterocycles. The second-order valence-corrected chi connectivity index (χ2v) is 9.25. The molecule has 4 aromatic carbocycles. The van der Waals surface area contributed by atoms with Gasteiger partial charge in [0.15, 0.2) is 0 Å². The van der Waals surface area contributed by atoms with Crippen LogP contribution in [-0.4, -0.2) is 44.4 Å². The largest absolute Gasteiger partial charge is 2.00 e. The molecule has 0 aliphatic carbocycles. The van der Waals surface area contributed by atoms with E-state index in [4.69, 9.17) is 10.2 Å². The molecule has 11 heteroatoms. The van der Waals surface area contributed by atoms with Crippen molar-refractivity contribution in [1.82, 2.24) is 9.97 Å². The molecule has 0 amide bonds. The predicted octanol–water partition coefficient (Wildman–Crippen LogP) is 4.16. The quantitative estimate of drug-likeness (QED) is 0.120. The van der Waals surface area contributed by atoms with Crippen LogP contribution in [0.1, 0.15) is 22.5 Å². The van der Waals surface area contributed by atoms with Crippen molar-refractivity contribution >= 4 is 46.0 Å². The zero-order valence-electron chi connectivity index (χ0n) is 23.4. The number of aromatic nitrogens is 2. The minimum Gasteiger partial charge on any atom is -0.857 e. The first-order valence-corrected chi connectivity index (χ1v) is 13.3. The number of hydrogen-bond acceptors (Lipinski definition) is 10.